The van der Waals surface area contributed by atoms with E-state index in [0.29, 0.717) is 5.56 Å². The molecule has 0 aliphatic carbocycles. The number of anilines is 1. The van der Waals surface area contributed by atoms with Crippen LogP contribution in [0, 0.1) is 0 Å². The summed E-state index contributed by atoms with van der Waals surface area (Å²) in [5.74, 6) is 0.988. The number of hydrogen-bond acceptors (Lipinski definition) is 5. The fourth-order valence-corrected chi connectivity index (χ4v) is 3.45. The average molecular weight is 339 g/mol. The van der Waals surface area contributed by atoms with Gasteiger partial charge in [0.2, 0.25) is 0 Å². The van der Waals surface area contributed by atoms with Crippen LogP contribution < -0.4 is 4.90 Å². The maximum absolute atomic E-state index is 12.6. The van der Waals surface area contributed by atoms with Crippen molar-refractivity contribution in [2.45, 2.75) is 18.9 Å². The summed E-state index contributed by atoms with van der Waals surface area (Å²) in [6.45, 7) is 1.74. The minimum absolute atomic E-state index is 0.0302. The summed E-state index contributed by atoms with van der Waals surface area (Å²) in [7, 11) is 3.70. The number of carbonyl (C=O) groups is 1. The van der Waals surface area contributed by atoms with E-state index in [1.807, 2.05) is 35.8 Å². The van der Waals surface area contributed by atoms with Gasteiger partial charge in [0.15, 0.2) is 5.82 Å². The molecule has 8 heteroatoms. The van der Waals surface area contributed by atoms with Crippen molar-refractivity contribution < 1.29 is 4.79 Å². The first-order valence-corrected chi connectivity index (χ1v) is 8.42. The Morgan fingerprint density at radius 2 is 2.04 bits per heavy atom. The molecule has 0 N–H and O–H groups in total. The molecular weight excluding hydrogens is 318 g/mol. The van der Waals surface area contributed by atoms with Gasteiger partial charge < -0.3 is 9.80 Å². The molecule has 4 heterocycles. The average Bonchev–Trinajstić information content (AvgIpc) is 3.29. The number of aromatic nitrogens is 5. The van der Waals surface area contributed by atoms with Crippen molar-refractivity contribution in [2.24, 2.45) is 7.05 Å². The molecule has 0 radical (unpaired) electrons. The Morgan fingerprint density at radius 1 is 1.24 bits per heavy atom. The van der Waals surface area contributed by atoms with Gasteiger partial charge in [0.25, 0.3) is 5.91 Å². The van der Waals surface area contributed by atoms with Gasteiger partial charge in [-0.1, -0.05) is 0 Å². The van der Waals surface area contributed by atoms with Gasteiger partial charge in [-0.25, -0.2) is 9.50 Å². The van der Waals surface area contributed by atoms with Crippen molar-refractivity contribution in [1.29, 1.82) is 0 Å². The molecule has 3 aromatic heterocycles. The fraction of sp³-hybridized carbons (Fsp3) is 0.412. The van der Waals surface area contributed by atoms with Crippen LogP contribution in [0.3, 0.4) is 0 Å². The zero-order valence-electron chi connectivity index (χ0n) is 14.4. The summed E-state index contributed by atoms with van der Waals surface area (Å²) in [6, 6.07) is 2.21. The molecule has 130 valence electrons. The van der Waals surface area contributed by atoms with Crippen LogP contribution in [0.25, 0.3) is 5.52 Å². The Balaban J connectivity index is 1.44. The van der Waals surface area contributed by atoms with E-state index in [0.717, 1.165) is 37.3 Å². The van der Waals surface area contributed by atoms with E-state index >= 15 is 0 Å². The molecule has 0 spiro atoms. The Bertz CT molecular complexity index is 891. The normalized spacial score (nSPS) is 15.7. The standard InChI is InChI=1S/C17H21N7O/c1-21-12-13(11-20-21)17(25)22(2)14-4-8-23(9-5-14)16-15-3-6-19-24(15)10-7-18-16/h3,6-7,10-12,14H,4-5,8-9H2,1-2H3. The maximum Gasteiger partial charge on any atom is 0.257 e. The molecule has 1 fully saturated rings. The van der Waals surface area contributed by atoms with E-state index in [-0.39, 0.29) is 11.9 Å². The van der Waals surface area contributed by atoms with Crippen LogP contribution in [0.1, 0.15) is 23.2 Å². The second kappa shape index (κ2) is 6.19. The predicted octanol–water partition coefficient (Wildman–Crippen LogP) is 1.20. The summed E-state index contributed by atoms with van der Waals surface area (Å²) in [4.78, 5) is 21.2. The van der Waals surface area contributed by atoms with Crippen molar-refractivity contribution in [2.75, 3.05) is 25.0 Å². The van der Waals surface area contributed by atoms with Gasteiger partial charge >= 0.3 is 0 Å². The number of rotatable bonds is 3. The summed E-state index contributed by atoms with van der Waals surface area (Å²) in [5, 5.41) is 8.35. The monoisotopic (exact) mass is 339 g/mol. The van der Waals surface area contributed by atoms with Crippen molar-refractivity contribution in [3.8, 4) is 0 Å². The summed E-state index contributed by atoms with van der Waals surface area (Å²) >= 11 is 0. The predicted molar refractivity (Wildman–Crippen MR) is 93.5 cm³/mol. The molecule has 25 heavy (non-hydrogen) atoms. The van der Waals surface area contributed by atoms with Crippen LogP contribution in [0.2, 0.25) is 0 Å². The summed E-state index contributed by atoms with van der Waals surface area (Å²) < 4.78 is 3.49. The van der Waals surface area contributed by atoms with Crippen LogP contribution in [0.5, 0.6) is 0 Å². The van der Waals surface area contributed by atoms with Gasteiger partial charge in [0.1, 0.15) is 5.52 Å². The third kappa shape index (κ3) is 2.84. The SMILES string of the molecule is CN(C(=O)c1cnn(C)c1)C1CCN(c2nccn3nccc23)CC1. The van der Waals surface area contributed by atoms with E-state index in [9.17, 15) is 4.79 Å². The van der Waals surface area contributed by atoms with Gasteiger partial charge in [-0.15, -0.1) is 0 Å². The summed E-state index contributed by atoms with van der Waals surface area (Å²) in [5.41, 5.74) is 1.65. The number of aryl methyl sites for hydroxylation is 1. The third-order valence-electron chi connectivity index (χ3n) is 4.89. The Morgan fingerprint density at radius 3 is 2.76 bits per heavy atom. The highest BCUT2D eigenvalue weighted by Crippen LogP contribution is 2.24. The largest absolute Gasteiger partial charge is 0.355 e. The van der Waals surface area contributed by atoms with Crippen molar-refractivity contribution in [1.82, 2.24) is 29.3 Å². The molecular formula is C17H21N7O. The fourth-order valence-electron chi connectivity index (χ4n) is 3.45. The van der Waals surface area contributed by atoms with Crippen LogP contribution in [-0.2, 0) is 7.05 Å². The molecule has 0 aromatic carbocycles. The van der Waals surface area contributed by atoms with Gasteiger partial charge in [-0.3, -0.25) is 9.48 Å². The van der Waals surface area contributed by atoms with E-state index in [1.54, 1.807) is 29.5 Å². The van der Waals surface area contributed by atoms with E-state index in [4.69, 9.17) is 0 Å². The van der Waals surface area contributed by atoms with Crippen molar-refractivity contribution >= 4 is 17.2 Å². The van der Waals surface area contributed by atoms with E-state index in [2.05, 4.69) is 20.1 Å². The Kier molecular flexibility index (Phi) is 3.87. The quantitative estimate of drug-likeness (QED) is 0.717. The minimum atomic E-state index is 0.0302. The Hall–Kier alpha value is -2.90. The molecule has 0 saturated carbocycles. The smallest absolute Gasteiger partial charge is 0.257 e. The van der Waals surface area contributed by atoms with Gasteiger partial charge in [-0.05, 0) is 18.9 Å². The molecule has 1 amide bonds. The maximum atomic E-state index is 12.6. The van der Waals surface area contributed by atoms with Gasteiger partial charge in [0.05, 0.1) is 18.0 Å². The van der Waals surface area contributed by atoms with E-state index < -0.39 is 0 Å². The zero-order valence-corrected chi connectivity index (χ0v) is 14.4. The zero-order chi connectivity index (χ0) is 17.4. The molecule has 3 aromatic rings. The van der Waals surface area contributed by atoms with Crippen LogP contribution >= 0.6 is 0 Å². The number of piperidine rings is 1. The molecule has 4 rings (SSSR count). The molecule has 1 aliphatic rings. The van der Waals surface area contributed by atoms with Crippen LogP contribution in [-0.4, -0.2) is 61.4 Å². The number of carbonyl (C=O) groups excluding carboxylic acids is 1. The molecule has 0 unspecified atom stereocenters. The third-order valence-corrected chi connectivity index (χ3v) is 4.89. The first kappa shape index (κ1) is 15.6. The molecule has 0 atom stereocenters. The first-order valence-electron chi connectivity index (χ1n) is 8.42. The van der Waals surface area contributed by atoms with Crippen LogP contribution in [0.15, 0.2) is 37.1 Å². The van der Waals surface area contributed by atoms with Crippen molar-refractivity contribution in [3.05, 3.63) is 42.6 Å². The lowest BCUT2D eigenvalue weighted by Crippen LogP contribution is -2.46. The molecule has 0 bridgehead atoms. The highest BCUT2D eigenvalue weighted by Gasteiger charge is 2.27. The molecule has 1 aliphatic heterocycles. The second-order valence-corrected chi connectivity index (χ2v) is 6.45. The number of hydrogen-bond donors (Lipinski definition) is 0. The highest BCUT2D eigenvalue weighted by atomic mass is 16.2. The van der Waals surface area contributed by atoms with Gasteiger partial charge in [0, 0.05) is 51.8 Å². The van der Waals surface area contributed by atoms with E-state index in [1.165, 1.54) is 0 Å². The lowest BCUT2D eigenvalue weighted by molar-refractivity contribution is 0.0709. The minimum Gasteiger partial charge on any atom is -0.355 e. The lowest BCUT2D eigenvalue weighted by atomic mass is 10.0. The van der Waals surface area contributed by atoms with Crippen LogP contribution in [0.4, 0.5) is 5.82 Å². The summed E-state index contributed by atoms with van der Waals surface area (Å²) in [6.07, 6.45) is 10.6. The lowest BCUT2D eigenvalue weighted by Gasteiger charge is -2.37. The topological polar surface area (TPSA) is 71.6 Å². The first-order chi connectivity index (χ1) is 12.1. The molecule has 1 saturated heterocycles. The Labute approximate surface area is 145 Å². The number of fused-ring (bicyclic) bond motifs is 1. The second-order valence-electron chi connectivity index (χ2n) is 6.45. The number of nitrogens with zero attached hydrogens (tertiary/aromatic N) is 7. The van der Waals surface area contributed by atoms with Gasteiger partial charge in [-0.2, -0.15) is 10.2 Å². The number of amides is 1. The molecule has 8 nitrogen and oxygen atoms in total. The highest BCUT2D eigenvalue weighted by molar-refractivity contribution is 5.93. The van der Waals surface area contributed by atoms with Crippen molar-refractivity contribution in [3.63, 3.8) is 0 Å².